The zero-order chi connectivity index (χ0) is 30.1. The number of rotatable bonds is 6. The lowest BCUT2D eigenvalue weighted by molar-refractivity contribution is -0.145. The van der Waals surface area contributed by atoms with Crippen LogP contribution in [0.15, 0.2) is 36.4 Å². The van der Waals surface area contributed by atoms with Gasteiger partial charge in [-0.2, -0.15) is 23.2 Å². The third kappa shape index (κ3) is 6.87. The highest BCUT2D eigenvalue weighted by Gasteiger charge is 2.37. The summed E-state index contributed by atoms with van der Waals surface area (Å²) in [4.78, 5) is 32.2. The number of hydrogen-bond donors (Lipinski definition) is 2. The van der Waals surface area contributed by atoms with Crippen LogP contribution in [0.5, 0.6) is 0 Å². The number of nitrogens with zero attached hydrogens (tertiary/aromatic N) is 6. The second-order valence-corrected chi connectivity index (χ2v) is 11.4. The van der Waals surface area contributed by atoms with Gasteiger partial charge in [-0.1, -0.05) is 29.8 Å². The van der Waals surface area contributed by atoms with Gasteiger partial charge in [0.25, 0.3) is 17.6 Å². The maximum absolute atomic E-state index is 13.7. The van der Waals surface area contributed by atoms with Crippen LogP contribution in [-0.2, 0) is 12.7 Å². The predicted molar refractivity (Wildman–Crippen MR) is 146 cm³/mol. The van der Waals surface area contributed by atoms with E-state index in [0.717, 1.165) is 16.1 Å². The van der Waals surface area contributed by atoms with Crippen LogP contribution in [0.4, 0.5) is 18.9 Å². The van der Waals surface area contributed by atoms with E-state index in [1.54, 1.807) is 52.0 Å². The summed E-state index contributed by atoms with van der Waals surface area (Å²) in [6.07, 6.45) is -4.77. The van der Waals surface area contributed by atoms with Crippen LogP contribution in [0.3, 0.4) is 0 Å². The van der Waals surface area contributed by atoms with Gasteiger partial charge in [-0.15, -0.1) is 21.5 Å². The number of carbonyl (C=O) groups excluding carboxylic acids is 2. The van der Waals surface area contributed by atoms with Gasteiger partial charge in [0, 0.05) is 16.1 Å². The van der Waals surface area contributed by atoms with Crippen molar-refractivity contribution in [2.45, 2.75) is 46.0 Å². The third-order valence-electron chi connectivity index (χ3n) is 5.42. The van der Waals surface area contributed by atoms with Crippen molar-refractivity contribution in [3.63, 3.8) is 0 Å². The first-order valence-corrected chi connectivity index (χ1v) is 13.1. The number of aryl methyl sites for hydroxylation is 1. The van der Waals surface area contributed by atoms with Crippen LogP contribution in [0.25, 0.3) is 10.4 Å². The first kappa shape index (κ1) is 29.6. The molecule has 2 amide bonds. The molecule has 15 heteroatoms. The Kier molecular flexibility index (Phi) is 8.14. The number of anilines is 1. The number of aromatic nitrogens is 5. The Morgan fingerprint density at radius 3 is 2.46 bits per heavy atom. The van der Waals surface area contributed by atoms with E-state index in [1.807, 2.05) is 6.07 Å². The average Bonchev–Trinajstić information content (AvgIpc) is 3.52. The molecule has 0 bridgehead atoms. The first-order chi connectivity index (χ1) is 19.2. The van der Waals surface area contributed by atoms with Gasteiger partial charge >= 0.3 is 6.18 Å². The molecule has 0 aliphatic heterocycles. The van der Waals surface area contributed by atoms with Crippen molar-refractivity contribution in [2.24, 2.45) is 0 Å². The molecular weight excluding hydrogens is 581 g/mol. The number of alkyl halides is 3. The van der Waals surface area contributed by atoms with Crippen LogP contribution in [0.1, 0.15) is 63.6 Å². The van der Waals surface area contributed by atoms with Crippen LogP contribution in [0, 0.1) is 18.3 Å². The summed E-state index contributed by atoms with van der Waals surface area (Å²) in [5.74, 6) is -2.62. The molecule has 0 saturated heterocycles. The molecule has 2 aromatic heterocycles. The van der Waals surface area contributed by atoms with Gasteiger partial charge in [0.2, 0.25) is 0 Å². The molecule has 0 saturated carbocycles. The zero-order valence-electron chi connectivity index (χ0n) is 22.1. The lowest BCUT2D eigenvalue weighted by Gasteiger charge is -2.22. The van der Waals surface area contributed by atoms with Gasteiger partial charge in [0.05, 0.1) is 27.8 Å². The lowest BCUT2D eigenvalue weighted by atomic mass is 10.0. The summed E-state index contributed by atoms with van der Waals surface area (Å²) in [5.41, 5.74) is 0.711. The number of carbonyl (C=O) groups is 2. The number of tetrazole rings is 1. The first-order valence-electron chi connectivity index (χ1n) is 11.9. The van der Waals surface area contributed by atoms with Crippen molar-refractivity contribution in [1.82, 2.24) is 30.5 Å². The Hall–Kier alpha value is -4.35. The number of thiazole rings is 1. The van der Waals surface area contributed by atoms with Gasteiger partial charge in [-0.3, -0.25) is 9.59 Å². The minimum atomic E-state index is -4.77. The highest BCUT2D eigenvalue weighted by molar-refractivity contribution is 7.15. The number of nitriles is 1. The average molecular weight is 603 g/mol. The van der Waals surface area contributed by atoms with Crippen LogP contribution >= 0.6 is 22.9 Å². The highest BCUT2D eigenvalue weighted by Crippen LogP contribution is 2.36. The molecule has 4 rings (SSSR count). The third-order valence-corrected chi connectivity index (χ3v) is 6.83. The monoisotopic (exact) mass is 602 g/mol. The van der Waals surface area contributed by atoms with E-state index >= 15 is 0 Å². The SMILES string of the molecule is Cc1cc(C#N)cc(C(=O)NC(C)(C)C)c1NC(=O)c1nc(Cn2nnc(C(F)(F)F)n2)sc1-c1ccccc1Cl. The molecule has 10 nitrogen and oxygen atoms in total. The van der Waals surface area contributed by atoms with Crippen molar-refractivity contribution >= 4 is 40.4 Å². The Morgan fingerprint density at radius 2 is 1.85 bits per heavy atom. The standard InChI is InChI=1S/C26H22ClF3N8O2S/c1-13-9-14(11-31)10-16(22(39)34-25(2,3)4)19(13)33-23(40)20-21(15-7-5-6-8-17(15)27)41-18(32-20)12-38-36-24(35-37-38)26(28,29)30/h5-10H,12H2,1-4H3,(H,33,40)(H,34,39). The van der Waals surface area contributed by atoms with E-state index < -0.39 is 29.4 Å². The summed E-state index contributed by atoms with van der Waals surface area (Å²) < 4.78 is 38.8. The molecule has 2 aromatic carbocycles. The lowest BCUT2D eigenvalue weighted by Crippen LogP contribution is -2.41. The van der Waals surface area contributed by atoms with E-state index in [0.29, 0.717) is 21.0 Å². The number of amides is 2. The molecule has 41 heavy (non-hydrogen) atoms. The van der Waals surface area contributed by atoms with Crippen LogP contribution < -0.4 is 10.6 Å². The van der Waals surface area contributed by atoms with Crippen molar-refractivity contribution in [1.29, 1.82) is 5.26 Å². The number of benzene rings is 2. The maximum Gasteiger partial charge on any atom is 0.455 e. The fourth-order valence-electron chi connectivity index (χ4n) is 3.74. The molecule has 0 fully saturated rings. The molecular formula is C26H22ClF3N8O2S. The normalized spacial score (nSPS) is 11.7. The van der Waals surface area contributed by atoms with Gasteiger partial charge in [0.15, 0.2) is 0 Å². The second kappa shape index (κ2) is 11.3. The predicted octanol–water partition coefficient (Wildman–Crippen LogP) is 5.48. The van der Waals surface area contributed by atoms with Crippen LogP contribution in [0.2, 0.25) is 5.02 Å². The molecule has 0 spiro atoms. The molecule has 0 aliphatic carbocycles. The molecule has 0 radical (unpaired) electrons. The fraction of sp³-hybridized carbons (Fsp3) is 0.269. The van der Waals surface area contributed by atoms with Crippen molar-refractivity contribution in [3.05, 3.63) is 74.6 Å². The molecule has 0 atom stereocenters. The summed E-state index contributed by atoms with van der Waals surface area (Å²) in [5, 5.41) is 25.3. The molecule has 2 N–H and O–H groups in total. The van der Waals surface area contributed by atoms with E-state index in [2.05, 4.69) is 31.0 Å². The smallest absolute Gasteiger partial charge is 0.347 e. The molecule has 0 aliphatic rings. The summed E-state index contributed by atoms with van der Waals surface area (Å²) in [6.45, 7) is 6.71. The Labute approximate surface area is 241 Å². The van der Waals surface area contributed by atoms with Gasteiger partial charge in [-0.25, -0.2) is 4.98 Å². The van der Waals surface area contributed by atoms with E-state index in [9.17, 15) is 28.0 Å². The van der Waals surface area contributed by atoms with E-state index in [1.165, 1.54) is 12.1 Å². The Balaban J connectivity index is 1.76. The fourth-order valence-corrected chi connectivity index (χ4v) is 5.10. The highest BCUT2D eigenvalue weighted by atomic mass is 35.5. The van der Waals surface area contributed by atoms with Crippen molar-refractivity contribution < 1.29 is 22.8 Å². The quantitative estimate of drug-likeness (QED) is 0.298. The topological polar surface area (TPSA) is 138 Å². The summed E-state index contributed by atoms with van der Waals surface area (Å²) in [6, 6.07) is 11.6. The Bertz CT molecular complexity index is 1690. The number of hydrogen-bond acceptors (Lipinski definition) is 8. The van der Waals surface area contributed by atoms with Crippen molar-refractivity contribution in [3.8, 4) is 16.5 Å². The van der Waals surface area contributed by atoms with E-state index in [4.69, 9.17) is 11.6 Å². The summed E-state index contributed by atoms with van der Waals surface area (Å²) >= 11 is 7.42. The maximum atomic E-state index is 13.7. The summed E-state index contributed by atoms with van der Waals surface area (Å²) in [7, 11) is 0. The number of halogens is 4. The zero-order valence-corrected chi connectivity index (χ0v) is 23.7. The second-order valence-electron chi connectivity index (χ2n) is 9.89. The van der Waals surface area contributed by atoms with Gasteiger partial charge < -0.3 is 10.6 Å². The molecule has 0 unspecified atom stereocenters. The largest absolute Gasteiger partial charge is 0.455 e. The van der Waals surface area contributed by atoms with Crippen molar-refractivity contribution in [2.75, 3.05) is 5.32 Å². The Morgan fingerprint density at radius 1 is 1.15 bits per heavy atom. The van der Waals surface area contributed by atoms with Gasteiger partial charge in [-0.05, 0) is 56.7 Å². The van der Waals surface area contributed by atoms with E-state index in [-0.39, 0.29) is 34.1 Å². The minimum Gasteiger partial charge on any atom is -0.347 e. The molecule has 212 valence electrons. The minimum absolute atomic E-state index is 0.0751. The molecule has 2 heterocycles. The van der Waals surface area contributed by atoms with Gasteiger partial charge in [0.1, 0.15) is 17.2 Å². The van der Waals surface area contributed by atoms with Crippen LogP contribution in [-0.4, -0.2) is 42.5 Å². The molecule has 4 aromatic rings. The number of nitrogens with one attached hydrogen (secondary N) is 2.